The minimum atomic E-state index is 0. The summed E-state index contributed by atoms with van der Waals surface area (Å²) in [5.74, 6) is 0. The number of aromatic nitrogens is 1. The Balaban J connectivity index is 0.00000169. The van der Waals surface area contributed by atoms with Gasteiger partial charge in [0.15, 0.2) is 0 Å². The smallest absolute Gasteiger partial charge is 0.115 e. The molecule has 1 aliphatic rings. The number of pyridine rings is 1. The Kier molecular flexibility index (Phi) is 3.83. The van der Waals surface area contributed by atoms with Crippen molar-refractivity contribution in [2.75, 3.05) is 0 Å². The Morgan fingerprint density at radius 1 is 1.08 bits per heavy atom. The molecule has 1 aliphatic carbocycles. The van der Waals surface area contributed by atoms with Crippen LogP contribution in [0.2, 0.25) is 0 Å². The van der Waals surface area contributed by atoms with Crippen molar-refractivity contribution in [2.45, 2.75) is 44.9 Å². The average Bonchev–Trinajstić information content (AvgIpc) is 2.71. The molecule has 0 atom stereocenters. The van der Waals surface area contributed by atoms with E-state index in [9.17, 15) is 0 Å². The Bertz CT molecular complexity index is 1010. The molecule has 1 aromatic heterocycles. The molecule has 4 rings (SSSR count). The largest absolute Gasteiger partial charge is 0.304 e. The first-order valence-corrected chi connectivity index (χ1v) is 8.00. The Hall–Kier alpha value is -1.75. The maximum absolute atomic E-state index is 7.36. The van der Waals surface area contributed by atoms with E-state index in [-0.39, 0.29) is 30.9 Å². The molecule has 2 aromatic carbocycles. The first-order chi connectivity index (χ1) is 10.8. The van der Waals surface area contributed by atoms with Gasteiger partial charge in [0.25, 0.3) is 0 Å². The second-order valence-corrected chi connectivity index (χ2v) is 7.85. The summed E-state index contributed by atoms with van der Waals surface area (Å²) in [5.41, 5.74) is 4.69. The molecular formula is C21H19IrN2-. The summed E-state index contributed by atoms with van der Waals surface area (Å²) in [6.07, 6.45) is 3.17. The molecule has 0 spiro atoms. The molecule has 1 radical (unpaired) electrons. The molecule has 3 heteroatoms. The summed E-state index contributed by atoms with van der Waals surface area (Å²) in [7, 11) is 0. The van der Waals surface area contributed by atoms with Crippen LogP contribution in [-0.2, 0) is 30.9 Å². The third-order valence-electron chi connectivity index (χ3n) is 5.19. The molecule has 0 saturated carbocycles. The number of benzene rings is 2. The fourth-order valence-corrected chi connectivity index (χ4v) is 4.55. The molecule has 123 valence electrons. The summed E-state index contributed by atoms with van der Waals surface area (Å²) in [6.45, 7) is 16.6. The predicted molar refractivity (Wildman–Crippen MR) is 95.0 cm³/mol. The van der Waals surface area contributed by atoms with Gasteiger partial charge in [0.2, 0.25) is 0 Å². The average molecular weight is 492 g/mol. The van der Waals surface area contributed by atoms with Crippen LogP contribution in [0.4, 0.5) is 5.69 Å². The van der Waals surface area contributed by atoms with Gasteiger partial charge in [0, 0.05) is 26.3 Å². The number of nitrogens with zero attached hydrogens (tertiary/aromatic N) is 2. The fraction of sp³-hybridized carbons (Fsp3) is 0.333. The molecule has 0 fully saturated rings. The molecule has 2 nitrogen and oxygen atoms in total. The SMILES string of the molecule is [C-]#[N+]c1cc[c-]c2c1ccc1c3c(cnc12)C(C)(C)CC3(C)C.[Ir]. The van der Waals surface area contributed by atoms with Crippen molar-refractivity contribution in [1.29, 1.82) is 0 Å². The van der Waals surface area contributed by atoms with Crippen LogP contribution in [0.15, 0.2) is 30.5 Å². The van der Waals surface area contributed by atoms with Crippen LogP contribution in [0.25, 0.3) is 26.5 Å². The molecule has 3 aromatic rings. The standard InChI is InChI=1S/C21H19N2.Ir/c1-20(2)12-21(3,4)18-15-10-9-13-14(7-6-8-17(13)22-5)19(15)23-11-16(18)20;/h6,8-11H,12H2,1-4H3;/q-1;. The fourth-order valence-electron chi connectivity index (χ4n) is 4.55. The summed E-state index contributed by atoms with van der Waals surface area (Å²) in [5, 5.41) is 3.11. The van der Waals surface area contributed by atoms with Gasteiger partial charge in [-0.3, -0.25) is 4.85 Å². The maximum atomic E-state index is 7.36. The normalized spacial score (nSPS) is 17.3. The summed E-state index contributed by atoms with van der Waals surface area (Å²) >= 11 is 0. The van der Waals surface area contributed by atoms with Gasteiger partial charge in [-0.2, -0.15) is 6.07 Å². The van der Waals surface area contributed by atoms with E-state index < -0.39 is 0 Å². The number of hydrogen-bond donors (Lipinski definition) is 0. The zero-order chi connectivity index (χ0) is 16.4. The predicted octanol–water partition coefficient (Wildman–Crippen LogP) is 5.70. The maximum Gasteiger partial charge on any atom is 0.115 e. The van der Waals surface area contributed by atoms with Crippen LogP contribution in [0.1, 0.15) is 45.2 Å². The van der Waals surface area contributed by atoms with Crippen LogP contribution in [-0.4, -0.2) is 4.98 Å². The van der Waals surface area contributed by atoms with Crippen LogP contribution in [0, 0.1) is 12.6 Å². The number of fused-ring (bicyclic) bond motifs is 5. The van der Waals surface area contributed by atoms with Gasteiger partial charge in [0.1, 0.15) is 5.69 Å². The van der Waals surface area contributed by atoms with Gasteiger partial charge >= 0.3 is 0 Å². The first-order valence-electron chi connectivity index (χ1n) is 8.00. The van der Waals surface area contributed by atoms with Crippen LogP contribution >= 0.6 is 0 Å². The minimum Gasteiger partial charge on any atom is -0.304 e. The van der Waals surface area contributed by atoms with E-state index in [4.69, 9.17) is 11.6 Å². The van der Waals surface area contributed by atoms with Gasteiger partial charge in [-0.1, -0.05) is 33.8 Å². The molecular weight excluding hydrogens is 472 g/mol. The Morgan fingerprint density at radius 3 is 2.50 bits per heavy atom. The molecule has 1 heterocycles. The van der Waals surface area contributed by atoms with Gasteiger partial charge in [-0.05, 0) is 39.3 Å². The van der Waals surface area contributed by atoms with Gasteiger partial charge < -0.3 is 4.98 Å². The van der Waals surface area contributed by atoms with E-state index in [2.05, 4.69) is 50.7 Å². The van der Waals surface area contributed by atoms with Gasteiger partial charge in [-0.25, -0.2) is 0 Å². The second kappa shape index (κ2) is 5.38. The van der Waals surface area contributed by atoms with Crippen molar-refractivity contribution in [1.82, 2.24) is 4.98 Å². The molecule has 24 heavy (non-hydrogen) atoms. The third-order valence-corrected chi connectivity index (χ3v) is 5.19. The molecule has 0 bridgehead atoms. The van der Waals surface area contributed by atoms with Gasteiger partial charge in [0.05, 0.1) is 6.57 Å². The molecule has 0 amide bonds. The third kappa shape index (κ3) is 2.21. The van der Waals surface area contributed by atoms with Crippen LogP contribution in [0.5, 0.6) is 0 Å². The van der Waals surface area contributed by atoms with Crippen molar-refractivity contribution < 1.29 is 20.1 Å². The molecule has 0 saturated heterocycles. The summed E-state index contributed by atoms with van der Waals surface area (Å²) in [6, 6.07) is 11.2. The summed E-state index contributed by atoms with van der Waals surface area (Å²) < 4.78 is 0. The monoisotopic (exact) mass is 492 g/mol. The van der Waals surface area contributed by atoms with Crippen LogP contribution < -0.4 is 0 Å². The van der Waals surface area contributed by atoms with Crippen LogP contribution in [0.3, 0.4) is 0 Å². The zero-order valence-electron chi connectivity index (χ0n) is 14.3. The first kappa shape index (κ1) is 17.1. The van der Waals surface area contributed by atoms with E-state index in [1.807, 2.05) is 18.3 Å². The molecule has 0 unspecified atom stereocenters. The quantitative estimate of drug-likeness (QED) is 0.292. The Labute approximate surface area is 156 Å². The Morgan fingerprint density at radius 2 is 1.79 bits per heavy atom. The number of hydrogen-bond acceptors (Lipinski definition) is 1. The van der Waals surface area contributed by atoms with Crippen molar-refractivity contribution in [2.24, 2.45) is 0 Å². The summed E-state index contributed by atoms with van der Waals surface area (Å²) in [4.78, 5) is 8.42. The minimum absolute atomic E-state index is 0. The molecule has 0 N–H and O–H groups in total. The zero-order valence-corrected chi connectivity index (χ0v) is 16.7. The molecule has 0 aliphatic heterocycles. The van der Waals surface area contributed by atoms with E-state index in [1.54, 1.807) is 0 Å². The van der Waals surface area contributed by atoms with E-state index in [0.717, 1.165) is 22.7 Å². The van der Waals surface area contributed by atoms with Crippen molar-refractivity contribution in [3.63, 3.8) is 0 Å². The van der Waals surface area contributed by atoms with E-state index in [1.165, 1.54) is 16.5 Å². The van der Waals surface area contributed by atoms with Crippen molar-refractivity contribution in [3.8, 4) is 0 Å². The van der Waals surface area contributed by atoms with Crippen molar-refractivity contribution in [3.05, 3.63) is 59.1 Å². The van der Waals surface area contributed by atoms with E-state index >= 15 is 0 Å². The van der Waals surface area contributed by atoms with Gasteiger partial charge in [-0.15, -0.1) is 29.0 Å². The van der Waals surface area contributed by atoms with Crippen molar-refractivity contribution >= 4 is 27.4 Å². The van der Waals surface area contributed by atoms with E-state index in [0.29, 0.717) is 5.69 Å². The number of rotatable bonds is 0. The second-order valence-electron chi connectivity index (χ2n) is 7.85. The topological polar surface area (TPSA) is 17.2 Å².